The molecule has 0 amide bonds. The maximum Gasteiger partial charge on any atom is 0.507 e. The van der Waals surface area contributed by atoms with Crippen molar-refractivity contribution in [1.29, 1.82) is 0 Å². The molecule has 62 valence electrons. The largest absolute Gasteiger partial charge is 0.507 e. The van der Waals surface area contributed by atoms with Crippen LogP contribution in [-0.2, 0) is 9.47 Å². The third-order valence-electron chi connectivity index (χ3n) is 0.429. The Bertz CT molecular complexity index is 75.4. The first-order valence-electron chi connectivity index (χ1n) is 3.43. The summed E-state index contributed by atoms with van der Waals surface area (Å²) in [5, 5.41) is 0. The van der Waals surface area contributed by atoms with Gasteiger partial charge >= 0.3 is 6.16 Å². The second-order valence-electron chi connectivity index (χ2n) is 1.59. The minimum atomic E-state index is -0.623. The fourth-order valence-corrected chi connectivity index (χ4v) is 0.177. The monoisotopic (exact) mass is 164 g/mol. The van der Waals surface area contributed by atoms with Crippen LogP contribution in [0.3, 0.4) is 0 Å². The first kappa shape index (κ1) is 12.2. The highest BCUT2D eigenvalue weighted by molar-refractivity contribution is 6.31. The normalized spacial score (nSPS) is 7.20. The van der Waals surface area contributed by atoms with Gasteiger partial charge in [-0.05, 0) is 6.92 Å². The molecule has 0 bridgehead atoms. The fraction of sp³-hybridized carbons (Fsp3) is 0.833. The van der Waals surface area contributed by atoms with Gasteiger partial charge in [0.05, 0.1) is 13.7 Å². The van der Waals surface area contributed by atoms with Crippen LogP contribution in [0.5, 0.6) is 0 Å². The predicted octanol–water partition coefficient (Wildman–Crippen LogP) is 1.04. The topological polar surface area (TPSA) is 35.5 Å². The third kappa shape index (κ3) is 15.6. The lowest BCUT2D eigenvalue weighted by Gasteiger charge is -1.94. The van der Waals surface area contributed by atoms with E-state index >= 15 is 0 Å². The summed E-state index contributed by atoms with van der Waals surface area (Å²) in [5.41, 5.74) is 0. The Morgan fingerprint density at radius 1 is 1.50 bits per heavy atom. The van der Waals surface area contributed by atoms with E-state index < -0.39 is 6.16 Å². The molecule has 0 unspecified atom stereocenters. The van der Waals surface area contributed by atoms with Crippen molar-refractivity contribution in [3.05, 3.63) is 0 Å². The molecule has 0 rings (SSSR count). The molecule has 0 fully saturated rings. The molecule has 0 atom stereocenters. The number of methoxy groups -OCH3 is 1. The Morgan fingerprint density at radius 2 is 1.90 bits per heavy atom. The van der Waals surface area contributed by atoms with Gasteiger partial charge in [-0.3, -0.25) is 0 Å². The summed E-state index contributed by atoms with van der Waals surface area (Å²) >= 11 is 0. The lowest BCUT2D eigenvalue weighted by atomic mass is 10.9. The third-order valence-corrected chi connectivity index (χ3v) is 0.429. The van der Waals surface area contributed by atoms with Gasteiger partial charge in [0.2, 0.25) is 0 Å². The molecule has 0 N–H and O–H groups in total. The molecule has 0 aliphatic rings. The standard InChI is InChI=1S/C4H8O3.C2H8Si/c1-3-7-4(5)6-2;1-3-2/h3H2,1-2H3;3H2,1-2H3. The molecule has 4 heteroatoms. The van der Waals surface area contributed by atoms with Gasteiger partial charge in [-0.15, -0.1) is 0 Å². The van der Waals surface area contributed by atoms with Crippen molar-refractivity contribution in [3.63, 3.8) is 0 Å². The van der Waals surface area contributed by atoms with Crippen molar-refractivity contribution in [2.24, 2.45) is 0 Å². The Morgan fingerprint density at radius 3 is 2.00 bits per heavy atom. The molecule has 0 aliphatic carbocycles. The molecular formula is C6H16O3Si. The Labute approximate surface area is 64.5 Å². The summed E-state index contributed by atoms with van der Waals surface area (Å²) in [4.78, 5) is 9.97. The van der Waals surface area contributed by atoms with E-state index in [0.717, 1.165) is 0 Å². The van der Waals surface area contributed by atoms with Crippen LogP contribution in [0.25, 0.3) is 0 Å². The number of hydrogen-bond acceptors (Lipinski definition) is 3. The number of carbonyl (C=O) groups is 1. The molecular weight excluding hydrogens is 148 g/mol. The summed E-state index contributed by atoms with van der Waals surface area (Å²) in [6, 6.07) is 0. The zero-order valence-electron chi connectivity index (χ0n) is 7.14. The van der Waals surface area contributed by atoms with Crippen LogP contribution in [0.1, 0.15) is 6.92 Å². The van der Waals surface area contributed by atoms with Gasteiger partial charge in [0.1, 0.15) is 0 Å². The Hall–Kier alpha value is -0.513. The zero-order chi connectivity index (χ0) is 8.41. The van der Waals surface area contributed by atoms with Crippen molar-refractivity contribution in [2.75, 3.05) is 13.7 Å². The van der Waals surface area contributed by atoms with E-state index in [1.807, 2.05) is 0 Å². The van der Waals surface area contributed by atoms with Crippen LogP contribution in [0.2, 0.25) is 13.1 Å². The second kappa shape index (κ2) is 11.3. The van der Waals surface area contributed by atoms with E-state index in [1.54, 1.807) is 6.92 Å². The van der Waals surface area contributed by atoms with Crippen molar-refractivity contribution >= 4 is 15.7 Å². The Kier molecular flexibility index (Phi) is 13.8. The molecule has 0 saturated carbocycles. The molecule has 0 aromatic carbocycles. The van der Waals surface area contributed by atoms with E-state index in [-0.39, 0.29) is 0 Å². The fourth-order valence-electron chi connectivity index (χ4n) is 0.177. The minimum Gasteiger partial charge on any atom is -0.438 e. The molecule has 0 spiro atoms. The van der Waals surface area contributed by atoms with E-state index in [0.29, 0.717) is 16.1 Å². The predicted molar refractivity (Wildman–Crippen MR) is 44.3 cm³/mol. The van der Waals surface area contributed by atoms with Crippen molar-refractivity contribution in [1.82, 2.24) is 0 Å². The van der Waals surface area contributed by atoms with E-state index in [9.17, 15) is 4.79 Å². The van der Waals surface area contributed by atoms with Gasteiger partial charge in [0, 0.05) is 9.52 Å². The summed E-state index contributed by atoms with van der Waals surface area (Å²) in [6.07, 6.45) is -0.623. The first-order valence-corrected chi connectivity index (χ1v) is 6.26. The van der Waals surface area contributed by atoms with Gasteiger partial charge in [0.25, 0.3) is 0 Å². The SMILES string of the molecule is CCOC(=O)OC.C[SiH2]C. The quantitative estimate of drug-likeness (QED) is 0.429. The highest BCUT2D eigenvalue weighted by Gasteiger charge is 1.92. The molecule has 0 aromatic heterocycles. The lowest BCUT2D eigenvalue weighted by Crippen LogP contribution is -2.02. The van der Waals surface area contributed by atoms with Crippen molar-refractivity contribution in [3.8, 4) is 0 Å². The number of carbonyl (C=O) groups excluding carboxylic acids is 1. The summed E-state index contributed by atoms with van der Waals surface area (Å²) in [6.45, 7) is 6.61. The van der Waals surface area contributed by atoms with Gasteiger partial charge in [0.15, 0.2) is 0 Å². The average Bonchev–Trinajstić information content (AvgIpc) is 1.90. The molecule has 0 saturated heterocycles. The lowest BCUT2D eigenvalue weighted by molar-refractivity contribution is 0.0771. The summed E-state index contributed by atoms with van der Waals surface area (Å²) in [7, 11) is 1.69. The minimum absolute atomic E-state index is 0.368. The maximum atomic E-state index is 9.97. The van der Waals surface area contributed by atoms with E-state index in [1.165, 1.54) is 7.11 Å². The summed E-state index contributed by atoms with van der Waals surface area (Å²) in [5.74, 6) is 0. The average molecular weight is 164 g/mol. The Balaban J connectivity index is 0. The van der Waals surface area contributed by atoms with Crippen LogP contribution >= 0.6 is 0 Å². The number of rotatable bonds is 1. The van der Waals surface area contributed by atoms with Gasteiger partial charge in [-0.25, -0.2) is 4.79 Å². The molecule has 0 aliphatic heterocycles. The van der Waals surface area contributed by atoms with Crippen LogP contribution in [0.15, 0.2) is 0 Å². The maximum absolute atomic E-state index is 9.97. The molecule has 10 heavy (non-hydrogen) atoms. The highest BCUT2D eigenvalue weighted by atomic mass is 28.2. The first-order chi connectivity index (χ1) is 4.72. The zero-order valence-corrected chi connectivity index (χ0v) is 8.55. The van der Waals surface area contributed by atoms with Crippen LogP contribution in [0.4, 0.5) is 4.79 Å². The second-order valence-corrected chi connectivity index (χ2v) is 3.01. The molecule has 0 aromatic rings. The highest BCUT2D eigenvalue weighted by Crippen LogP contribution is 1.77. The van der Waals surface area contributed by atoms with E-state index in [4.69, 9.17) is 0 Å². The van der Waals surface area contributed by atoms with Crippen LogP contribution < -0.4 is 0 Å². The van der Waals surface area contributed by atoms with Crippen LogP contribution in [0, 0.1) is 0 Å². The van der Waals surface area contributed by atoms with Crippen molar-refractivity contribution in [2.45, 2.75) is 20.0 Å². The van der Waals surface area contributed by atoms with Gasteiger partial charge < -0.3 is 9.47 Å². The number of hydrogen-bond donors (Lipinski definition) is 0. The molecule has 0 radical (unpaired) electrons. The smallest absolute Gasteiger partial charge is 0.438 e. The van der Waals surface area contributed by atoms with Gasteiger partial charge in [-0.2, -0.15) is 0 Å². The summed E-state index contributed by atoms with van der Waals surface area (Å²) < 4.78 is 8.46. The molecule has 0 heterocycles. The molecule has 3 nitrogen and oxygen atoms in total. The van der Waals surface area contributed by atoms with Gasteiger partial charge in [-0.1, -0.05) is 13.1 Å². The van der Waals surface area contributed by atoms with E-state index in [2.05, 4.69) is 22.6 Å². The van der Waals surface area contributed by atoms with Crippen LogP contribution in [-0.4, -0.2) is 29.4 Å². The van der Waals surface area contributed by atoms with Crippen molar-refractivity contribution < 1.29 is 14.3 Å². The number of ether oxygens (including phenoxy) is 2.